The van der Waals surface area contributed by atoms with Crippen molar-refractivity contribution in [3.63, 3.8) is 0 Å². The molecule has 2 aromatic carbocycles. The van der Waals surface area contributed by atoms with Gasteiger partial charge in [0.1, 0.15) is 11.6 Å². The zero-order valence-corrected chi connectivity index (χ0v) is 15.2. The lowest BCUT2D eigenvalue weighted by Gasteiger charge is -2.06. The molecule has 0 aliphatic heterocycles. The molecule has 0 aromatic heterocycles. The lowest BCUT2D eigenvalue weighted by Crippen LogP contribution is -2.14. The van der Waals surface area contributed by atoms with Gasteiger partial charge in [-0.15, -0.1) is 0 Å². The molecule has 0 bridgehead atoms. The number of hydrogen-bond donors (Lipinski definition) is 1. The Morgan fingerprint density at radius 2 is 1.78 bits per heavy atom. The third kappa shape index (κ3) is 5.98. The average Bonchev–Trinajstić information content (AvgIpc) is 2.67. The van der Waals surface area contributed by atoms with Gasteiger partial charge < -0.3 is 10.1 Å². The molecule has 136 valence electrons. The molecule has 0 atom stereocenters. The lowest BCUT2D eigenvalue weighted by molar-refractivity contribution is -0.112. The van der Waals surface area contributed by atoms with Gasteiger partial charge in [-0.1, -0.05) is 36.4 Å². The summed E-state index contributed by atoms with van der Waals surface area (Å²) >= 11 is 0. The Kier molecular flexibility index (Phi) is 7.09. The van der Waals surface area contributed by atoms with Crippen LogP contribution in [0.4, 0.5) is 5.69 Å². The Balaban J connectivity index is 2.09. The first-order valence-electron chi connectivity index (χ1n) is 8.47. The Hall–Kier alpha value is -3.65. The van der Waals surface area contributed by atoms with Gasteiger partial charge in [-0.3, -0.25) is 4.79 Å². The number of carbonyl (C=O) groups excluding carboxylic acids is 2. The number of hydrogen-bond acceptors (Lipinski definition) is 4. The number of nitriles is 1. The maximum Gasteiger partial charge on any atom is 0.338 e. The number of anilines is 1. The van der Waals surface area contributed by atoms with Crippen LogP contribution in [-0.4, -0.2) is 18.5 Å². The van der Waals surface area contributed by atoms with Gasteiger partial charge >= 0.3 is 5.97 Å². The smallest absolute Gasteiger partial charge is 0.338 e. The van der Waals surface area contributed by atoms with E-state index in [2.05, 4.69) is 5.32 Å². The minimum absolute atomic E-state index is 0.00542. The first-order chi connectivity index (χ1) is 13.0. The number of benzene rings is 2. The molecule has 1 amide bonds. The highest BCUT2D eigenvalue weighted by atomic mass is 16.5. The first kappa shape index (κ1) is 19.7. The van der Waals surface area contributed by atoms with E-state index in [0.717, 1.165) is 11.1 Å². The summed E-state index contributed by atoms with van der Waals surface area (Å²) < 4.78 is 4.91. The van der Waals surface area contributed by atoms with Crippen molar-refractivity contribution in [2.24, 2.45) is 0 Å². The van der Waals surface area contributed by atoms with Crippen LogP contribution in [0.5, 0.6) is 0 Å². The van der Waals surface area contributed by atoms with Crippen molar-refractivity contribution in [2.45, 2.75) is 13.8 Å². The van der Waals surface area contributed by atoms with Crippen LogP contribution >= 0.6 is 0 Å². The highest BCUT2D eigenvalue weighted by Crippen LogP contribution is 2.14. The lowest BCUT2D eigenvalue weighted by atomic mass is 10.1. The van der Waals surface area contributed by atoms with Crippen LogP contribution in [0.2, 0.25) is 0 Å². The molecule has 0 heterocycles. The Morgan fingerprint density at radius 1 is 1.11 bits per heavy atom. The second-order valence-corrected chi connectivity index (χ2v) is 5.72. The van der Waals surface area contributed by atoms with Gasteiger partial charge in [0, 0.05) is 5.69 Å². The van der Waals surface area contributed by atoms with Crippen molar-refractivity contribution < 1.29 is 14.3 Å². The maximum atomic E-state index is 12.3. The van der Waals surface area contributed by atoms with Crippen molar-refractivity contribution in [3.8, 4) is 6.07 Å². The zero-order chi connectivity index (χ0) is 19.6. The molecule has 0 unspecified atom stereocenters. The van der Waals surface area contributed by atoms with E-state index in [1.807, 2.05) is 49.4 Å². The molecule has 0 aliphatic rings. The van der Waals surface area contributed by atoms with Gasteiger partial charge in [-0.25, -0.2) is 4.79 Å². The monoisotopic (exact) mass is 360 g/mol. The molecule has 2 rings (SSSR count). The van der Waals surface area contributed by atoms with Crippen LogP contribution in [0.3, 0.4) is 0 Å². The zero-order valence-electron chi connectivity index (χ0n) is 15.2. The number of nitrogens with one attached hydrogen (secondary N) is 1. The second-order valence-electron chi connectivity index (χ2n) is 5.72. The molecular formula is C22H20N2O3. The van der Waals surface area contributed by atoms with Crippen LogP contribution in [0.25, 0.3) is 6.08 Å². The minimum atomic E-state index is -0.512. The Morgan fingerprint density at radius 3 is 2.37 bits per heavy atom. The summed E-state index contributed by atoms with van der Waals surface area (Å²) in [6.07, 6.45) is 3.42. The summed E-state index contributed by atoms with van der Waals surface area (Å²) in [5.74, 6) is -0.933. The van der Waals surface area contributed by atoms with Gasteiger partial charge in [-0.2, -0.15) is 5.26 Å². The van der Waals surface area contributed by atoms with E-state index in [1.165, 1.54) is 6.08 Å². The van der Waals surface area contributed by atoms with E-state index in [9.17, 15) is 14.9 Å². The second kappa shape index (κ2) is 9.73. The van der Waals surface area contributed by atoms with Crippen molar-refractivity contribution in [1.29, 1.82) is 5.26 Å². The summed E-state index contributed by atoms with van der Waals surface area (Å²) in [7, 11) is 0. The van der Waals surface area contributed by atoms with E-state index in [1.54, 1.807) is 31.2 Å². The number of ether oxygens (including phenoxy) is 1. The van der Waals surface area contributed by atoms with E-state index in [-0.39, 0.29) is 5.57 Å². The van der Waals surface area contributed by atoms with Gasteiger partial charge in [0.2, 0.25) is 0 Å². The molecule has 1 N–H and O–H groups in total. The maximum absolute atomic E-state index is 12.3. The molecule has 0 aliphatic carbocycles. The highest BCUT2D eigenvalue weighted by Gasteiger charge is 2.11. The summed E-state index contributed by atoms with van der Waals surface area (Å²) in [5.41, 5.74) is 2.64. The first-order valence-corrected chi connectivity index (χ1v) is 8.47. The summed E-state index contributed by atoms with van der Waals surface area (Å²) in [6.45, 7) is 3.85. The van der Waals surface area contributed by atoms with Gasteiger partial charge in [0.15, 0.2) is 0 Å². The minimum Gasteiger partial charge on any atom is -0.462 e. The molecule has 5 nitrogen and oxygen atoms in total. The summed E-state index contributed by atoms with van der Waals surface area (Å²) in [4.78, 5) is 24.0. The fraction of sp³-hybridized carbons (Fsp3) is 0.136. The number of amides is 1. The topological polar surface area (TPSA) is 79.2 Å². The summed E-state index contributed by atoms with van der Waals surface area (Å²) in [5, 5.41) is 11.9. The molecule has 0 spiro atoms. The van der Waals surface area contributed by atoms with Crippen LogP contribution in [-0.2, 0) is 9.53 Å². The van der Waals surface area contributed by atoms with Crippen molar-refractivity contribution in [3.05, 3.63) is 82.9 Å². The van der Waals surface area contributed by atoms with Crippen LogP contribution in [0.15, 0.2) is 71.8 Å². The molecule has 0 saturated heterocycles. The molecule has 0 radical (unpaired) electrons. The Bertz CT molecular complexity index is 905. The van der Waals surface area contributed by atoms with Crippen molar-refractivity contribution in [1.82, 2.24) is 0 Å². The Labute approximate surface area is 158 Å². The van der Waals surface area contributed by atoms with E-state index in [4.69, 9.17) is 4.74 Å². The molecule has 0 saturated carbocycles. The fourth-order valence-corrected chi connectivity index (χ4v) is 2.33. The molecule has 27 heavy (non-hydrogen) atoms. The molecule has 2 aromatic rings. The average molecular weight is 360 g/mol. The van der Waals surface area contributed by atoms with E-state index < -0.39 is 11.9 Å². The van der Waals surface area contributed by atoms with Crippen molar-refractivity contribution in [2.75, 3.05) is 11.9 Å². The largest absolute Gasteiger partial charge is 0.462 e. The predicted octanol–water partition coefficient (Wildman–Crippen LogP) is 4.36. The predicted molar refractivity (Wildman–Crippen MR) is 105 cm³/mol. The molecule has 0 fully saturated rings. The van der Waals surface area contributed by atoms with Crippen LogP contribution < -0.4 is 5.32 Å². The number of rotatable bonds is 6. The quantitative estimate of drug-likeness (QED) is 0.359. The summed E-state index contributed by atoms with van der Waals surface area (Å²) in [6, 6.07) is 17.8. The number of nitrogens with zero attached hydrogens (tertiary/aromatic N) is 1. The van der Waals surface area contributed by atoms with E-state index >= 15 is 0 Å². The molecular weight excluding hydrogens is 340 g/mol. The highest BCUT2D eigenvalue weighted by molar-refractivity contribution is 6.07. The molecule has 5 heteroatoms. The van der Waals surface area contributed by atoms with Gasteiger partial charge in [0.05, 0.1) is 12.2 Å². The number of carbonyl (C=O) groups is 2. The van der Waals surface area contributed by atoms with E-state index in [0.29, 0.717) is 17.9 Å². The van der Waals surface area contributed by atoms with Crippen LogP contribution in [0, 0.1) is 11.3 Å². The van der Waals surface area contributed by atoms with Crippen molar-refractivity contribution >= 4 is 23.6 Å². The number of allylic oxidation sites excluding steroid dienone is 2. The van der Waals surface area contributed by atoms with Crippen LogP contribution in [0.1, 0.15) is 29.8 Å². The normalized spacial score (nSPS) is 11.4. The SMILES string of the molecule is CCOC(=O)c1ccc(NC(=O)/C(C#N)=C/C(C)=C/c2ccccc2)cc1. The fourth-order valence-electron chi connectivity index (χ4n) is 2.33. The number of esters is 1. The standard InChI is InChI=1S/C22H20N2O3/c1-3-27-22(26)18-9-11-20(12-10-18)24-21(25)19(15-23)14-16(2)13-17-7-5-4-6-8-17/h4-14H,3H2,1-2H3,(H,24,25)/b16-13+,19-14+. The van der Waals surface area contributed by atoms with Gasteiger partial charge in [-0.05, 0) is 55.3 Å². The third-order valence-corrected chi connectivity index (χ3v) is 3.58. The van der Waals surface area contributed by atoms with Gasteiger partial charge in [0.25, 0.3) is 5.91 Å². The third-order valence-electron chi connectivity index (χ3n) is 3.58.